The van der Waals surface area contributed by atoms with E-state index in [0.29, 0.717) is 19.6 Å². The number of hydrogen-bond acceptors (Lipinski definition) is 4. The van der Waals surface area contributed by atoms with Crippen molar-refractivity contribution in [1.29, 1.82) is 0 Å². The lowest BCUT2D eigenvalue weighted by Crippen LogP contribution is -2.30. The minimum Gasteiger partial charge on any atom is -0.481 e. The number of carboxylic acids is 1. The zero-order valence-corrected chi connectivity index (χ0v) is 7.79. The summed E-state index contributed by atoms with van der Waals surface area (Å²) < 4.78 is 23.4. The van der Waals surface area contributed by atoms with Gasteiger partial charge in [0.25, 0.3) is 0 Å². The first kappa shape index (κ1) is 10.4. The fourth-order valence-corrected chi connectivity index (χ4v) is 2.24. The number of sulfonamides is 1. The molecule has 0 unspecified atom stereocenters. The van der Waals surface area contributed by atoms with Gasteiger partial charge in [-0.2, -0.15) is 0 Å². The van der Waals surface area contributed by atoms with Gasteiger partial charge in [-0.05, 0) is 6.42 Å². The van der Waals surface area contributed by atoms with Crippen molar-refractivity contribution >= 4 is 16.0 Å². The first-order valence-electron chi connectivity index (χ1n) is 3.87. The van der Waals surface area contributed by atoms with Gasteiger partial charge in [-0.15, -0.1) is 0 Å². The highest BCUT2D eigenvalue weighted by molar-refractivity contribution is 7.88. The van der Waals surface area contributed by atoms with Crippen molar-refractivity contribution in [2.75, 3.05) is 18.9 Å². The highest BCUT2D eigenvalue weighted by Gasteiger charge is 2.26. The van der Waals surface area contributed by atoms with Crippen LogP contribution in [-0.2, 0) is 19.7 Å². The maximum absolute atomic E-state index is 11.3. The van der Waals surface area contributed by atoms with Crippen molar-refractivity contribution in [3.05, 3.63) is 0 Å². The van der Waals surface area contributed by atoms with Gasteiger partial charge in [-0.25, -0.2) is 8.42 Å². The van der Waals surface area contributed by atoms with Crippen LogP contribution in [-0.4, -0.2) is 42.9 Å². The molecule has 6 nitrogen and oxygen atoms in total. The Kier molecular flexibility index (Phi) is 3.23. The van der Waals surface area contributed by atoms with Crippen molar-refractivity contribution in [1.82, 2.24) is 4.47 Å². The van der Waals surface area contributed by atoms with Gasteiger partial charge in [0, 0.05) is 6.54 Å². The van der Waals surface area contributed by atoms with E-state index in [4.69, 9.17) is 9.94 Å². The summed E-state index contributed by atoms with van der Waals surface area (Å²) in [5, 5.41) is 8.30. The molecule has 0 saturated carbocycles. The van der Waals surface area contributed by atoms with E-state index in [1.54, 1.807) is 0 Å². The van der Waals surface area contributed by atoms with Crippen LogP contribution in [0.3, 0.4) is 0 Å². The van der Waals surface area contributed by atoms with Crippen LogP contribution in [0.25, 0.3) is 0 Å². The molecule has 0 aromatic heterocycles. The lowest BCUT2D eigenvalue weighted by Gasteiger charge is -2.12. The Labute approximate surface area is 76.1 Å². The molecular formula is C6H11NO5S. The Morgan fingerprint density at radius 2 is 2.23 bits per heavy atom. The Hall–Kier alpha value is -0.660. The largest absolute Gasteiger partial charge is 0.481 e. The predicted octanol–water partition coefficient (Wildman–Crippen LogP) is -0.572. The van der Waals surface area contributed by atoms with Gasteiger partial charge in [0.05, 0.1) is 18.8 Å². The van der Waals surface area contributed by atoms with Crippen LogP contribution >= 0.6 is 0 Å². The van der Waals surface area contributed by atoms with Crippen molar-refractivity contribution in [2.24, 2.45) is 0 Å². The second-order valence-electron chi connectivity index (χ2n) is 2.67. The molecule has 0 atom stereocenters. The summed E-state index contributed by atoms with van der Waals surface area (Å²) in [6.07, 6.45) is 0.272. The third kappa shape index (κ3) is 2.94. The van der Waals surface area contributed by atoms with E-state index in [1.165, 1.54) is 0 Å². The summed E-state index contributed by atoms with van der Waals surface area (Å²) in [7, 11) is -3.52. The van der Waals surface area contributed by atoms with E-state index in [0.717, 1.165) is 4.47 Å². The Balaban J connectivity index is 2.50. The minimum absolute atomic E-state index is 0.321. The van der Waals surface area contributed by atoms with Crippen LogP contribution in [0.15, 0.2) is 0 Å². The normalized spacial score (nSPS) is 19.1. The van der Waals surface area contributed by atoms with Gasteiger partial charge >= 0.3 is 5.97 Å². The number of carboxylic acid groups (broad SMARTS) is 1. The highest BCUT2D eigenvalue weighted by atomic mass is 32.2. The maximum Gasteiger partial charge on any atom is 0.304 e. The zero-order chi connectivity index (χ0) is 9.90. The summed E-state index contributed by atoms with van der Waals surface area (Å²) in [5.41, 5.74) is 0. The van der Waals surface area contributed by atoms with Crippen molar-refractivity contribution in [2.45, 2.75) is 12.8 Å². The molecule has 0 spiro atoms. The fourth-order valence-electron chi connectivity index (χ4n) is 0.962. The standard InChI is InChI=1S/C6H11NO5S/c8-6(9)2-5-13(10,11)7-3-1-4-12-7/h1-5H2,(H,8,9). The van der Waals surface area contributed by atoms with Gasteiger partial charge < -0.3 is 5.11 Å². The SMILES string of the molecule is O=C(O)CCS(=O)(=O)N1CCCO1. The number of rotatable bonds is 4. The van der Waals surface area contributed by atoms with Crippen LogP contribution < -0.4 is 0 Å². The van der Waals surface area contributed by atoms with E-state index in [1.807, 2.05) is 0 Å². The molecule has 0 amide bonds. The van der Waals surface area contributed by atoms with E-state index >= 15 is 0 Å². The van der Waals surface area contributed by atoms with Gasteiger partial charge in [0.1, 0.15) is 0 Å². The van der Waals surface area contributed by atoms with Crippen molar-refractivity contribution in [3.8, 4) is 0 Å². The third-order valence-corrected chi connectivity index (χ3v) is 3.23. The first-order valence-corrected chi connectivity index (χ1v) is 5.48. The van der Waals surface area contributed by atoms with Gasteiger partial charge in [-0.1, -0.05) is 4.47 Å². The Bertz CT molecular complexity index is 279. The molecule has 1 heterocycles. The molecule has 0 bridgehead atoms. The molecular weight excluding hydrogens is 198 g/mol. The predicted molar refractivity (Wildman–Crippen MR) is 43.3 cm³/mol. The molecule has 7 heteroatoms. The lowest BCUT2D eigenvalue weighted by atomic mass is 10.5. The average Bonchev–Trinajstić information content (AvgIpc) is 2.53. The molecule has 1 rings (SSSR count). The van der Waals surface area contributed by atoms with E-state index < -0.39 is 21.7 Å². The molecule has 1 saturated heterocycles. The number of hydroxylamine groups is 1. The lowest BCUT2D eigenvalue weighted by molar-refractivity contribution is -0.136. The topological polar surface area (TPSA) is 83.9 Å². The minimum atomic E-state index is -3.52. The van der Waals surface area contributed by atoms with Crippen LogP contribution in [0.5, 0.6) is 0 Å². The number of carbonyl (C=O) groups is 1. The summed E-state index contributed by atoms with van der Waals surface area (Å²) in [4.78, 5) is 14.9. The molecule has 76 valence electrons. The quantitative estimate of drug-likeness (QED) is 0.670. The van der Waals surface area contributed by atoms with Crippen molar-refractivity contribution in [3.63, 3.8) is 0 Å². The molecule has 13 heavy (non-hydrogen) atoms. The first-order chi connectivity index (χ1) is 6.02. The van der Waals surface area contributed by atoms with E-state index in [-0.39, 0.29) is 6.42 Å². The molecule has 1 N–H and O–H groups in total. The number of hydrogen-bond donors (Lipinski definition) is 1. The van der Waals surface area contributed by atoms with Gasteiger partial charge in [0.2, 0.25) is 10.0 Å². The molecule has 1 aliphatic rings. The average molecular weight is 209 g/mol. The van der Waals surface area contributed by atoms with Gasteiger partial charge in [-0.3, -0.25) is 9.63 Å². The number of aliphatic carboxylic acids is 1. The van der Waals surface area contributed by atoms with Crippen LogP contribution in [0, 0.1) is 0 Å². The summed E-state index contributed by atoms with van der Waals surface area (Å²) in [6.45, 7) is 0.703. The Morgan fingerprint density at radius 3 is 2.69 bits per heavy atom. The smallest absolute Gasteiger partial charge is 0.304 e. The second kappa shape index (κ2) is 4.03. The second-order valence-corrected chi connectivity index (χ2v) is 4.65. The highest BCUT2D eigenvalue weighted by Crippen LogP contribution is 2.11. The summed E-state index contributed by atoms with van der Waals surface area (Å²) >= 11 is 0. The van der Waals surface area contributed by atoms with Crippen molar-refractivity contribution < 1.29 is 23.2 Å². The molecule has 0 radical (unpaired) electrons. The third-order valence-electron chi connectivity index (χ3n) is 1.60. The number of nitrogens with zero attached hydrogens (tertiary/aromatic N) is 1. The van der Waals surface area contributed by atoms with Crippen LogP contribution in [0.4, 0.5) is 0 Å². The van der Waals surface area contributed by atoms with Crippen LogP contribution in [0.2, 0.25) is 0 Å². The molecule has 0 aromatic rings. The fraction of sp³-hybridized carbons (Fsp3) is 0.833. The van der Waals surface area contributed by atoms with E-state index in [2.05, 4.69) is 0 Å². The molecule has 1 aliphatic heterocycles. The molecule has 1 fully saturated rings. The van der Waals surface area contributed by atoms with Gasteiger partial charge in [0.15, 0.2) is 0 Å². The summed E-state index contributed by atoms with van der Waals surface area (Å²) in [5.74, 6) is -1.52. The van der Waals surface area contributed by atoms with Crippen LogP contribution in [0.1, 0.15) is 12.8 Å². The monoisotopic (exact) mass is 209 g/mol. The van der Waals surface area contributed by atoms with E-state index in [9.17, 15) is 13.2 Å². The Morgan fingerprint density at radius 1 is 1.54 bits per heavy atom. The molecule has 0 aliphatic carbocycles. The maximum atomic E-state index is 11.3. The zero-order valence-electron chi connectivity index (χ0n) is 6.97. The summed E-state index contributed by atoms with van der Waals surface area (Å²) in [6, 6.07) is 0. The molecule has 0 aromatic carbocycles.